The van der Waals surface area contributed by atoms with Crippen molar-refractivity contribution in [1.29, 1.82) is 0 Å². The van der Waals surface area contributed by atoms with Gasteiger partial charge in [0.1, 0.15) is 0 Å². The lowest BCUT2D eigenvalue weighted by Crippen LogP contribution is -2.22. The molecule has 19 heavy (non-hydrogen) atoms. The molecule has 0 saturated carbocycles. The number of hydrogen-bond donors (Lipinski definition) is 0. The van der Waals surface area contributed by atoms with Crippen molar-refractivity contribution in [3.63, 3.8) is 0 Å². The molecule has 0 aliphatic carbocycles. The van der Waals surface area contributed by atoms with E-state index in [1.165, 1.54) is 19.3 Å². The van der Waals surface area contributed by atoms with Crippen LogP contribution < -0.4 is 0 Å². The molecular weight excluding hydrogens is 272 g/mol. The summed E-state index contributed by atoms with van der Waals surface area (Å²) in [6.45, 7) is 3.22. The minimum atomic E-state index is -4.62. The Morgan fingerprint density at radius 2 is 1.89 bits per heavy atom. The fourth-order valence-corrected chi connectivity index (χ4v) is 2.35. The molecular formula is C12H24O6S. The van der Waals surface area contributed by atoms with Gasteiger partial charge in [0.2, 0.25) is 10.4 Å². The van der Waals surface area contributed by atoms with Gasteiger partial charge in [0.25, 0.3) is 0 Å². The van der Waals surface area contributed by atoms with Crippen LogP contribution in [0.2, 0.25) is 0 Å². The summed E-state index contributed by atoms with van der Waals surface area (Å²) in [5.41, 5.74) is 0. The zero-order valence-corrected chi connectivity index (χ0v) is 12.2. The summed E-state index contributed by atoms with van der Waals surface area (Å²) in [4.78, 5) is 0. The van der Waals surface area contributed by atoms with E-state index in [2.05, 4.69) is 11.1 Å². The van der Waals surface area contributed by atoms with Gasteiger partial charge in [-0.2, -0.15) is 0 Å². The Kier molecular flexibility index (Phi) is 7.86. The van der Waals surface area contributed by atoms with Crippen LogP contribution in [0.5, 0.6) is 0 Å². The van der Waals surface area contributed by atoms with Crippen LogP contribution in [-0.2, 0) is 24.1 Å². The highest BCUT2D eigenvalue weighted by molar-refractivity contribution is 7.80. The van der Waals surface area contributed by atoms with Crippen LogP contribution in [0.25, 0.3) is 0 Å². The highest BCUT2D eigenvalue weighted by Gasteiger charge is 2.26. The quantitative estimate of drug-likeness (QED) is 0.347. The highest BCUT2D eigenvalue weighted by atomic mass is 32.3. The summed E-state index contributed by atoms with van der Waals surface area (Å²) < 4.78 is 46.2. The van der Waals surface area contributed by atoms with Crippen molar-refractivity contribution in [3.05, 3.63) is 0 Å². The molecule has 2 atom stereocenters. The van der Waals surface area contributed by atoms with Gasteiger partial charge in [-0.1, -0.05) is 26.2 Å². The van der Waals surface area contributed by atoms with Gasteiger partial charge in [-0.3, -0.25) is 4.18 Å². The Labute approximate surface area is 116 Å². The van der Waals surface area contributed by atoms with Crippen LogP contribution in [-0.4, -0.2) is 45.0 Å². The first kappa shape index (κ1) is 16.8. The van der Waals surface area contributed by atoms with E-state index in [1.54, 1.807) is 0 Å². The van der Waals surface area contributed by atoms with Gasteiger partial charge in [0.05, 0.1) is 25.4 Å². The topological polar surface area (TPSA) is 84.9 Å². The van der Waals surface area contributed by atoms with Crippen LogP contribution >= 0.6 is 0 Å². The molecule has 0 aromatic heterocycles. The van der Waals surface area contributed by atoms with Crippen LogP contribution in [0.4, 0.5) is 0 Å². The zero-order valence-electron chi connectivity index (χ0n) is 12.4. The lowest BCUT2D eigenvalue weighted by atomic mass is 10.2. The summed E-state index contributed by atoms with van der Waals surface area (Å²) in [5, 5.41) is 0. The van der Waals surface area contributed by atoms with Crippen molar-refractivity contribution >= 4 is 10.4 Å². The fourth-order valence-electron chi connectivity index (χ4n) is 2.03. The largest absolute Gasteiger partial charge is 1.00 e. The van der Waals surface area contributed by atoms with Gasteiger partial charge in [-0.15, -0.1) is 0 Å². The maximum absolute atomic E-state index is 10.3. The van der Waals surface area contributed by atoms with Crippen LogP contribution in [0.1, 0.15) is 46.9 Å². The lowest BCUT2D eigenvalue weighted by Gasteiger charge is -2.15. The second kappa shape index (κ2) is 8.86. The van der Waals surface area contributed by atoms with E-state index in [1.807, 2.05) is 0 Å². The monoisotopic (exact) mass is 296 g/mol. The molecule has 0 aromatic rings. The first-order valence-electron chi connectivity index (χ1n) is 6.84. The van der Waals surface area contributed by atoms with Gasteiger partial charge in [-0.05, 0) is 19.3 Å². The van der Waals surface area contributed by atoms with Crippen molar-refractivity contribution in [1.82, 2.24) is 0 Å². The third-order valence-corrected chi connectivity index (χ3v) is 3.46. The number of ether oxygens (including phenoxy) is 2. The predicted molar refractivity (Wildman–Crippen MR) is 69.6 cm³/mol. The Bertz CT molecular complexity index is 335. The molecule has 7 heteroatoms. The Balaban J connectivity index is 0.00000361. The van der Waals surface area contributed by atoms with E-state index >= 15 is 0 Å². The highest BCUT2D eigenvalue weighted by Crippen LogP contribution is 2.20. The minimum absolute atomic E-state index is 0. The molecule has 114 valence electrons. The van der Waals surface area contributed by atoms with E-state index in [0.717, 1.165) is 19.4 Å². The normalized spacial score (nSPS) is 23.9. The summed E-state index contributed by atoms with van der Waals surface area (Å²) in [7, 11) is -4.62. The van der Waals surface area contributed by atoms with Crippen molar-refractivity contribution in [2.45, 2.75) is 57.7 Å². The molecule has 6 nitrogen and oxygen atoms in total. The van der Waals surface area contributed by atoms with E-state index in [4.69, 9.17) is 9.47 Å². The molecule has 0 bridgehead atoms. The zero-order chi connectivity index (χ0) is 14.1. The molecule has 1 rings (SSSR count). The van der Waals surface area contributed by atoms with Crippen molar-refractivity contribution in [2.24, 2.45) is 0 Å². The molecule has 0 N–H and O–H groups in total. The molecule has 1 heterocycles. The Morgan fingerprint density at radius 3 is 2.53 bits per heavy atom. The van der Waals surface area contributed by atoms with Crippen molar-refractivity contribution in [2.75, 3.05) is 19.8 Å². The van der Waals surface area contributed by atoms with Crippen molar-refractivity contribution < 1.29 is 28.1 Å². The number of unbranched alkanes of at least 4 members (excludes halogenated alkanes) is 3. The predicted octanol–water partition coefficient (Wildman–Crippen LogP) is 1.72. The molecule has 1 fully saturated rings. The van der Waals surface area contributed by atoms with Crippen LogP contribution in [0.15, 0.2) is 0 Å². The van der Waals surface area contributed by atoms with Crippen LogP contribution in [0, 0.1) is 0 Å². The number of hydrogen-bond acceptors (Lipinski definition) is 6. The Hall–Kier alpha value is -0.210. The molecule has 0 radical (unpaired) electrons. The maximum atomic E-state index is 10.3. The Morgan fingerprint density at radius 1 is 1.21 bits per heavy atom. The summed E-state index contributed by atoms with van der Waals surface area (Å²) >= 11 is 0. The summed E-state index contributed by atoms with van der Waals surface area (Å²) in [6.07, 6.45) is 5.83. The SMILES string of the molecule is CCCCCCOC[C@@H]1CC[C@@H](COS(=O)(=O)[O-])O1.[H+]. The minimum Gasteiger partial charge on any atom is -0.726 e. The summed E-state index contributed by atoms with van der Waals surface area (Å²) in [5.74, 6) is 0. The molecule has 0 spiro atoms. The number of rotatable bonds is 10. The van der Waals surface area contributed by atoms with Gasteiger partial charge in [-0.25, -0.2) is 8.42 Å². The maximum Gasteiger partial charge on any atom is 1.00 e. The molecule has 0 unspecified atom stereocenters. The third kappa shape index (κ3) is 8.54. The average molecular weight is 296 g/mol. The first-order chi connectivity index (χ1) is 9.01. The van der Waals surface area contributed by atoms with E-state index in [-0.39, 0.29) is 20.2 Å². The molecule has 1 aliphatic heterocycles. The second-order valence-corrected chi connectivity index (χ2v) is 5.84. The average Bonchev–Trinajstić information content (AvgIpc) is 2.78. The van der Waals surface area contributed by atoms with Gasteiger partial charge < -0.3 is 14.0 Å². The molecule has 0 aromatic carbocycles. The van der Waals surface area contributed by atoms with Crippen molar-refractivity contribution in [3.8, 4) is 0 Å². The van der Waals surface area contributed by atoms with E-state index in [9.17, 15) is 13.0 Å². The van der Waals surface area contributed by atoms with E-state index in [0.29, 0.717) is 13.0 Å². The van der Waals surface area contributed by atoms with Crippen LogP contribution in [0.3, 0.4) is 0 Å². The second-order valence-electron chi connectivity index (χ2n) is 4.79. The third-order valence-electron chi connectivity index (χ3n) is 3.04. The lowest BCUT2D eigenvalue weighted by molar-refractivity contribution is -0.0290. The summed E-state index contributed by atoms with van der Waals surface area (Å²) in [6, 6.07) is 0. The molecule has 1 saturated heterocycles. The molecule has 1 aliphatic rings. The van der Waals surface area contributed by atoms with E-state index < -0.39 is 10.4 Å². The standard InChI is InChI=1S/C12H24O6S/c1-2-3-4-5-8-16-9-11-6-7-12(18-11)10-17-19(13,14)15/h11-12H,2-10H2,1H3,(H,13,14,15)/t11-,12-/m0/s1. The molecule has 0 amide bonds. The fraction of sp³-hybridized carbons (Fsp3) is 1.00. The smallest absolute Gasteiger partial charge is 0.726 e. The van der Waals surface area contributed by atoms with Gasteiger partial charge >= 0.3 is 1.43 Å². The van der Waals surface area contributed by atoms with Gasteiger partial charge in [0, 0.05) is 6.61 Å². The first-order valence-corrected chi connectivity index (χ1v) is 8.18. The van der Waals surface area contributed by atoms with Gasteiger partial charge in [0.15, 0.2) is 0 Å².